The van der Waals surface area contributed by atoms with Gasteiger partial charge in [0.05, 0.1) is 0 Å². The van der Waals surface area contributed by atoms with Crippen molar-refractivity contribution >= 4 is 11.6 Å². The van der Waals surface area contributed by atoms with Crippen molar-refractivity contribution in [3.63, 3.8) is 0 Å². The zero-order chi connectivity index (χ0) is 15.2. The Morgan fingerprint density at radius 2 is 2.14 bits per heavy atom. The van der Waals surface area contributed by atoms with Gasteiger partial charge in [0.2, 0.25) is 5.91 Å². The number of nitrogens with zero attached hydrogens (tertiary/aromatic N) is 1. The molecular weight excluding hydrogens is 264 g/mol. The summed E-state index contributed by atoms with van der Waals surface area (Å²) in [4.78, 5) is 14.1. The molecule has 1 aliphatic heterocycles. The summed E-state index contributed by atoms with van der Waals surface area (Å²) < 4.78 is 5.10. The van der Waals surface area contributed by atoms with E-state index in [2.05, 4.69) is 37.4 Å². The number of hydrogen-bond donors (Lipinski definition) is 1. The third kappa shape index (κ3) is 4.29. The quantitative estimate of drug-likeness (QED) is 0.785. The first-order valence-electron chi connectivity index (χ1n) is 7.76. The number of benzene rings is 1. The highest BCUT2D eigenvalue weighted by Crippen LogP contribution is 2.29. The number of amides is 1. The first-order valence-corrected chi connectivity index (χ1v) is 7.76. The number of anilines is 1. The van der Waals surface area contributed by atoms with E-state index < -0.39 is 0 Å². The summed E-state index contributed by atoms with van der Waals surface area (Å²) >= 11 is 0. The molecule has 4 nitrogen and oxygen atoms in total. The van der Waals surface area contributed by atoms with E-state index in [-0.39, 0.29) is 5.91 Å². The van der Waals surface area contributed by atoms with E-state index in [9.17, 15) is 4.79 Å². The normalized spacial score (nSPS) is 14.7. The van der Waals surface area contributed by atoms with Crippen LogP contribution in [0.3, 0.4) is 0 Å². The van der Waals surface area contributed by atoms with Crippen LogP contribution in [0.2, 0.25) is 0 Å². The highest BCUT2D eigenvalue weighted by Gasteiger charge is 2.23. The lowest BCUT2D eigenvalue weighted by molar-refractivity contribution is -0.118. The topological polar surface area (TPSA) is 41.6 Å². The molecule has 1 aliphatic rings. The zero-order valence-corrected chi connectivity index (χ0v) is 13.3. The van der Waals surface area contributed by atoms with Crippen molar-refractivity contribution in [3.8, 4) is 0 Å². The molecule has 1 aromatic carbocycles. The van der Waals surface area contributed by atoms with Crippen LogP contribution in [0, 0.1) is 0 Å². The summed E-state index contributed by atoms with van der Waals surface area (Å²) in [7, 11) is 1.70. The summed E-state index contributed by atoms with van der Waals surface area (Å²) in [6, 6.07) is 6.95. The van der Waals surface area contributed by atoms with E-state index in [1.54, 1.807) is 7.11 Å². The molecule has 0 atom stereocenters. The van der Waals surface area contributed by atoms with Gasteiger partial charge in [0.15, 0.2) is 0 Å². The number of methoxy groups -OCH3 is 1. The second kappa shape index (κ2) is 7.57. The van der Waals surface area contributed by atoms with E-state index in [0.717, 1.165) is 31.6 Å². The van der Waals surface area contributed by atoms with E-state index in [0.29, 0.717) is 19.1 Å². The van der Waals surface area contributed by atoms with Crippen LogP contribution in [0.15, 0.2) is 18.2 Å². The van der Waals surface area contributed by atoms with Gasteiger partial charge in [-0.1, -0.05) is 26.0 Å². The predicted molar refractivity (Wildman–Crippen MR) is 85.6 cm³/mol. The molecule has 1 aromatic rings. The molecule has 1 amide bonds. The summed E-state index contributed by atoms with van der Waals surface area (Å²) in [5.74, 6) is 0.229. The van der Waals surface area contributed by atoms with Crippen LogP contribution >= 0.6 is 0 Å². The summed E-state index contributed by atoms with van der Waals surface area (Å²) in [6.07, 6.45) is 2.34. The highest BCUT2D eigenvalue weighted by atomic mass is 16.5. The number of carbonyl (C=O) groups is 1. The molecular formula is C17H26N2O2. The molecule has 0 spiro atoms. The van der Waals surface area contributed by atoms with Gasteiger partial charge in [-0.05, 0) is 30.0 Å². The second-order valence-electron chi connectivity index (χ2n) is 5.89. The average molecular weight is 290 g/mol. The SMILES string of the molecule is COCCCN1C(=O)CCc2ccc(CNC(C)C)cc21. The molecule has 0 saturated heterocycles. The minimum Gasteiger partial charge on any atom is -0.385 e. The number of aryl methyl sites for hydroxylation is 1. The van der Waals surface area contributed by atoms with Gasteiger partial charge >= 0.3 is 0 Å². The van der Waals surface area contributed by atoms with E-state index in [1.165, 1.54) is 11.1 Å². The van der Waals surface area contributed by atoms with Crippen LogP contribution < -0.4 is 10.2 Å². The standard InChI is InChI=1S/C17H26N2O2/c1-13(2)18-12-14-5-6-15-7-8-17(20)19(16(15)11-14)9-4-10-21-3/h5-6,11,13,18H,4,7-10,12H2,1-3H3. The average Bonchev–Trinajstić information content (AvgIpc) is 2.47. The highest BCUT2D eigenvalue weighted by molar-refractivity contribution is 5.96. The lowest BCUT2D eigenvalue weighted by Crippen LogP contribution is -2.36. The minimum absolute atomic E-state index is 0.229. The molecule has 21 heavy (non-hydrogen) atoms. The molecule has 0 radical (unpaired) electrons. The van der Waals surface area contributed by atoms with Gasteiger partial charge in [-0.3, -0.25) is 4.79 Å². The fourth-order valence-electron chi connectivity index (χ4n) is 2.63. The van der Waals surface area contributed by atoms with Gasteiger partial charge < -0.3 is 15.0 Å². The van der Waals surface area contributed by atoms with Crippen LogP contribution in [0.5, 0.6) is 0 Å². The van der Waals surface area contributed by atoms with Gasteiger partial charge in [-0.15, -0.1) is 0 Å². The van der Waals surface area contributed by atoms with E-state index >= 15 is 0 Å². The Balaban J connectivity index is 2.14. The van der Waals surface area contributed by atoms with Crippen LogP contribution in [0.1, 0.15) is 37.8 Å². The van der Waals surface area contributed by atoms with Gasteiger partial charge in [0.25, 0.3) is 0 Å². The lowest BCUT2D eigenvalue weighted by Gasteiger charge is -2.30. The number of fused-ring (bicyclic) bond motifs is 1. The number of hydrogen-bond acceptors (Lipinski definition) is 3. The van der Waals surface area contributed by atoms with Crippen molar-refractivity contribution in [3.05, 3.63) is 29.3 Å². The van der Waals surface area contributed by atoms with Gasteiger partial charge in [-0.2, -0.15) is 0 Å². The van der Waals surface area contributed by atoms with Crippen molar-refractivity contribution in [1.29, 1.82) is 0 Å². The van der Waals surface area contributed by atoms with Crippen molar-refractivity contribution in [1.82, 2.24) is 5.32 Å². The molecule has 0 aromatic heterocycles. The molecule has 1 heterocycles. The zero-order valence-electron chi connectivity index (χ0n) is 13.3. The molecule has 2 rings (SSSR count). The Bertz CT molecular complexity index is 486. The van der Waals surface area contributed by atoms with Gasteiger partial charge in [-0.25, -0.2) is 0 Å². The lowest BCUT2D eigenvalue weighted by atomic mass is 9.98. The number of nitrogens with one attached hydrogen (secondary N) is 1. The maximum Gasteiger partial charge on any atom is 0.227 e. The first-order chi connectivity index (χ1) is 10.1. The molecule has 1 N–H and O–H groups in total. The summed E-state index contributed by atoms with van der Waals surface area (Å²) in [5, 5.41) is 3.42. The van der Waals surface area contributed by atoms with Gasteiger partial charge in [0.1, 0.15) is 0 Å². The Morgan fingerprint density at radius 1 is 1.33 bits per heavy atom. The molecule has 0 aliphatic carbocycles. The van der Waals surface area contributed by atoms with Crippen molar-refractivity contribution in [2.75, 3.05) is 25.2 Å². The number of ether oxygens (including phenoxy) is 1. The molecule has 116 valence electrons. The maximum atomic E-state index is 12.2. The smallest absolute Gasteiger partial charge is 0.227 e. The molecule has 4 heteroatoms. The van der Waals surface area contributed by atoms with Crippen molar-refractivity contribution in [2.24, 2.45) is 0 Å². The van der Waals surface area contributed by atoms with Crippen molar-refractivity contribution in [2.45, 2.75) is 45.7 Å². The van der Waals surface area contributed by atoms with Gasteiger partial charge in [0, 0.05) is 45.0 Å². The largest absolute Gasteiger partial charge is 0.385 e. The van der Waals surface area contributed by atoms with E-state index in [1.807, 2.05) is 4.90 Å². The minimum atomic E-state index is 0.229. The summed E-state index contributed by atoms with van der Waals surface area (Å²) in [6.45, 7) is 6.54. The van der Waals surface area contributed by atoms with Crippen LogP contribution in [0.4, 0.5) is 5.69 Å². The predicted octanol–water partition coefficient (Wildman–Crippen LogP) is 2.50. The Morgan fingerprint density at radius 3 is 2.86 bits per heavy atom. The number of carbonyl (C=O) groups excluding carboxylic acids is 1. The van der Waals surface area contributed by atoms with Crippen LogP contribution in [0.25, 0.3) is 0 Å². The van der Waals surface area contributed by atoms with Crippen LogP contribution in [-0.4, -0.2) is 32.2 Å². The molecule has 0 fully saturated rings. The molecule has 0 unspecified atom stereocenters. The summed E-state index contributed by atoms with van der Waals surface area (Å²) in [5.41, 5.74) is 3.60. The Labute approximate surface area is 127 Å². The third-order valence-corrected chi connectivity index (χ3v) is 3.79. The second-order valence-corrected chi connectivity index (χ2v) is 5.89. The van der Waals surface area contributed by atoms with E-state index in [4.69, 9.17) is 4.74 Å². The first kappa shape index (κ1) is 16.0. The van der Waals surface area contributed by atoms with Crippen LogP contribution in [-0.2, 0) is 22.5 Å². The third-order valence-electron chi connectivity index (χ3n) is 3.79. The molecule has 0 bridgehead atoms. The monoisotopic (exact) mass is 290 g/mol. The molecule has 0 saturated carbocycles. The van der Waals surface area contributed by atoms with Crippen molar-refractivity contribution < 1.29 is 9.53 Å². The maximum absolute atomic E-state index is 12.2. The fourth-order valence-corrected chi connectivity index (χ4v) is 2.63. The Hall–Kier alpha value is -1.39. The number of rotatable bonds is 7. The fraction of sp³-hybridized carbons (Fsp3) is 0.588. The Kier molecular flexibility index (Phi) is 5.76.